The summed E-state index contributed by atoms with van der Waals surface area (Å²) in [6, 6.07) is 11.1. The van der Waals surface area contributed by atoms with Crippen LogP contribution in [-0.4, -0.2) is 9.78 Å². The SMILES string of the molecule is CCC(C)c1c(-c2ccccc2)c(C(C)(C)C)nn1C(C)C.[Pt]. The monoisotopic (exact) mass is 493 g/mol. The van der Waals surface area contributed by atoms with Gasteiger partial charge in [-0.3, -0.25) is 4.68 Å². The van der Waals surface area contributed by atoms with Crippen molar-refractivity contribution >= 4 is 0 Å². The van der Waals surface area contributed by atoms with E-state index in [0.29, 0.717) is 12.0 Å². The van der Waals surface area contributed by atoms with E-state index in [0.717, 1.165) is 6.42 Å². The molecule has 0 aliphatic heterocycles. The Balaban J connectivity index is 0.00000264. The van der Waals surface area contributed by atoms with Crippen LogP contribution < -0.4 is 0 Å². The number of hydrogen-bond acceptors (Lipinski definition) is 1. The van der Waals surface area contributed by atoms with Crippen molar-refractivity contribution in [2.24, 2.45) is 0 Å². The minimum Gasteiger partial charge on any atom is -0.266 e. The Morgan fingerprint density at radius 1 is 1.04 bits per heavy atom. The normalized spacial score (nSPS) is 13.0. The Morgan fingerprint density at radius 3 is 2.04 bits per heavy atom. The molecule has 1 aromatic heterocycles. The third-order valence-corrected chi connectivity index (χ3v) is 4.29. The van der Waals surface area contributed by atoms with Crippen molar-refractivity contribution in [1.29, 1.82) is 0 Å². The molecular formula is C20H30N2Pt. The van der Waals surface area contributed by atoms with Gasteiger partial charge in [-0.15, -0.1) is 0 Å². The average molecular weight is 494 g/mol. The van der Waals surface area contributed by atoms with Gasteiger partial charge in [0.2, 0.25) is 0 Å². The van der Waals surface area contributed by atoms with Crippen LogP contribution in [0.3, 0.4) is 0 Å². The van der Waals surface area contributed by atoms with E-state index in [4.69, 9.17) is 5.10 Å². The summed E-state index contributed by atoms with van der Waals surface area (Å²) in [7, 11) is 0. The van der Waals surface area contributed by atoms with Crippen LogP contribution in [0.15, 0.2) is 30.3 Å². The molecular weight excluding hydrogens is 463 g/mol. The van der Waals surface area contributed by atoms with Crippen LogP contribution in [0, 0.1) is 0 Å². The molecule has 0 spiro atoms. The Hall–Kier alpha value is -0.882. The molecule has 0 saturated heterocycles. The van der Waals surface area contributed by atoms with Gasteiger partial charge in [0.25, 0.3) is 0 Å². The second-order valence-corrected chi connectivity index (χ2v) is 7.57. The summed E-state index contributed by atoms with van der Waals surface area (Å²) in [6.45, 7) is 15.8. The molecule has 2 rings (SSSR count). The molecule has 2 nitrogen and oxygen atoms in total. The van der Waals surface area contributed by atoms with Crippen molar-refractivity contribution in [2.45, 2.75) is 72.3 Å². The molecule has 0 aliphatic rings. The van der Waals surface area contributed by atoms with Gasteiger partial charge in [0.05, 0.1) is 5.69 Å². The van der Waals surface area contributed by atoms with Crippen molar-refractivity contribution in [3.8, 4) is 11.1 Å². The van der Waals surface area contributed by atoms with Gasteiger partial charge in [0.15, 0.2) is 0 Å². The van der Waals surface area contributed by atoms with Crippen LogP contribution in [0.4, 0.5) is 0 Å². The predicted octanol–water partition coefficient (Wildman–Crippen LogP) is 5.94. The Kier molecular flexibility index (Phi) is 6.83. The van der Waals surface area contributed by atoms with E-state index in [2.05, 4.69) is 83.5 Å². The van der Waals surface area contributed by atoms with Crippen LogP contribution in [0.5, 0.6) is 0 Å². The second-order valence-electron chi connectivity index (χ2n) is 7.57. The number of rotatable bonds is 4. The van der Waals surface area contributed by atoms with E-state index in [1.165, 1.54) is 22.5 Å². The quantitative estimate of drug-likeness (QED) is 0.516. The summed E-state index contributed by atoms with van der Waals surface area (Å²) in [5.41, 5.74) is 5.26. The fourth-order valence-corrected chi connectivity index (χ4v) is 2.92. The molecule has 0 amide bonds. The summed E-state index contributed by atoms with van der Waals surface area (Å²) in [5, 5.41) is 5.04. The molecule has 130 valence electrons. The maximum atomic E-state index is 5.04. The first-order valence-corrected chi connectivity index (χ1v) is 8.45. The van der Waals surface area contributed by atoms with Crippen molar-refractivity contribution < 1.29 is 21.1 Å². The molecule has 0 bridgehead atoms. The molecule has 1 atom stereocenters. The van der Waals surface area contributed by atoms with Crippen molar-refractivity contribution in [3.05, 3.63) is 41.7 Å². The van der Waals surface area contributed by atoms with Gasteiger partial charge < -0.3 is 0 Å². The zero-order valence-corrected chi connectivity index (χ0v) is 17.7. The largest absolute Gasteiger partial charge is 0.266 e. The smallest absolute Gasteiger partial charge is 0.0759 e. The van der Waals surface area contributed by atoms with Gasteiger partial charge in [0.1, 0.15) is 0 Å². The molecule has 2 aromatic rings. The Morgan fingerprint density at radius 2 is 1.61 bits per heavy atom. The fourth-order valence-electron chi connectivity index (χ4n) is 2.92. The van der Waals surface area contributed by atoms with Crippen LogP contribution in [-0.2, 0) is 26.5 Å². The fraction of sp³-hybridized carbons (Fsp3) is 0.550. The molecule has 0 radical (unpaired) electrons. The van der Waals surface area contributed by atoms with E-state index < -0.39 is 0 Å². The first kappa shape index (κ1) is 20.2. The van der Waals surface area contributed by atoms with Crippen LogP contribution >= 0.6 is 0 Å². The van der Waals surface area contributed by atoms with Crippen LogP contribution in [0.1, 0.15) is 78.2 Å². The number of aromatic nitrogens is 2. The van der Waals surface area contributed by atoms with Gasteiger partial charge in [0, 0.05) is 43.8 Å². The third kappa shape index (κ3) is 4.15. The first-order chi connectivity index (χ1) is 10.3. The van der Waals surface area contributed by atoms with Crippen LogP contribution in [0.25, 0.3) is 11.1 Å². The molecule has 0 N–H and O–H groups in total. The van der Waals surface area contributed by atoms with E-state index >= 15 is 0 Å². The summed E-state index contributed by atoms with van der Waals surface area (Å²) < 4.78 is 2.25. The molecule has 1 unspecified atom stereocenters. The van der Waals surface area contributed by atoms with E-state index in [9.17, 15) is 0 Å². The molecule has 0 fully saturated rings. The maximum absolute atomic E-state index is 5.04. The number of benzene rings is 1. The zero-order valence-electron chi connectivity index (χ0n) is 15.5. The minimum absolute atomic E-state index is 0. The standard InChI is InChI=1S/C20H30N2.Pt/c1-8-15(4)18-17(16-12-10-9-11-13-16)19(20(5,6)7)21-22(18)14(2)3;/h9-15H,8H2,1-7H3;. The molecule has 23 heavy (non-hydrogen) atoms. The Labute approximate surface area is 155 Å². The number of hydrogen-bond donors (Lipinski definition) is 0. The van der Waals surface area contributed by atoms with Gasteiger partial charge in [-0.05, 0) is 31.7 Å². The van der Waals surface area contributed by atoms with Gasteiger partial charge in [-0.25, -0.2) is 0 Å². The van der Waals surface area contributed by atoms with E-state index in [1.807, 2.05) is 0 Å². The second kappa shape index (κ2) is 7.79. The number of nitrogens with zero attached hydrogens (tertiary/aromatic N) is 2. The summed E-state index contributed by atoms with van der Waals surface area (Å²) in [4.78, 5) is 0. The summed E-state index contributed by atoms with van der Waals surface area (Å²) in [5.74, 6) is 0.501. The molecule has 3 heteroatoms. The molecule has 1 heterocycles. The van der Waals surface area contributed by atoms with Crippen LogP contribution in [0.2, 0.25) is 0 Å². The first-order valence-electron chi connectivity index (χ1n) is 8.45. The summed E-state index contributed by atoms with van der Waals surface area (Å²) >= 11 is 0. The average Bonchev–Trinajstić information content (AvgIpc) is 2.88. The van der Waals surface area contributed by atoms with Gasteiger partial charge in [-0.1, -0.05) is 65.0 Å². The van der Waals surface area contributed by atoms with Gasteiger partial charge in [-0.2, -0.15) is 5.10 Å². The minimum atomic E-state index is 0. The van der Waals surface area contributed by atoms with E-state index in [1.54, 1.807) is 0 Å². The van der Waals surface area contributed by atoms with Crippen molar-refractivity contribution in [1.82, 2.24) is 9.78 Å². The van der Waals surface area contributed by atoms with Crippen molar-refractivity contribution in [3.63, 3.8) is 0 Å². The zero-order chi connectivity index (χ0) is 16.5. The maximum Gasteiger partial charge on any atom is 0.0759 e. The summed E-state index contributed by atoms with van der Waals surface area (Å²) in [6.07, 6.45) is 1.13. The van der Waals surface area contributed by atoms with Crippen molar-refractivity contribution in [2.75, 3.05) is 0 Å². The predicted molar refractivity (Wildman–Crippen MR) is 95.5 cm³/mol. The molecule has 0 aliphatic carbocycles. The van der Waals surface area contributed by atoms with Gasteiger partial charge >= 0.3 is 0 Å². The molecule has 0 saturated carbocycles. The Bertz CT molecular complexity index is 621. The molecule has 1 aromatic carbocycles. The third-order valence-electron chi connectivity index (χ3n) is 4.29. The topological polar surface area (TPSA) is 17.8 Å². The van der Waals surface area contributed by atoms with E-state index in [-0.39, 0.29) is 26.5 Å².